The normalized spacial score (nSPS) is 11.6. The Hall–Kier alpha value is -2.44. The van der Waals surface area contributed by atoms with Gasteiger partial charge in [-0.2, -0.15) is 0 Å². The van der Waals surface area contributed by atoms with E-state index in [0.29, 0.717) is 17.2 Å². The van der Waals surface area contributed by atoms with Gasteiger partial charge >= 0.3 is 5.97 Å². The lowest BCUT2D eigenvalue weighted by molar-refractivity contribution is -0.120. The maximum atomic E-state index is 12.4. The van der Waals surface area contributed by atoms with Gasteiger partial charge in [0.05, 0.1) is 18.8 Å². The van der Waals surface area contributed by atoms with Gasteiger partial charge in [-0.05, 0) is 51.2 Å². The molecule has 162 valence electrons. The predicted molar refractivity (Wildman–Crippen MR) is 122 cm³/mol. The van der Waals surface area contributed by atoms with Crippen LogP contribution in [0.25, 0.3) is 0 Å². The van der Waals surface area contributed by atoms with E-state index in [4.69, 9.17) is 9.47 Å². The lowest BCUT2D eigenvalue weighted by Gasteiger charge is -2.08. The monoisotopic (exact) mass is 429 g/mol. The molecule has 0 aliphatic carbocycles. The van der Waals surface area contributed by atoms with Crippen molar-refractivity contribution in [3.05, 3.63) is 64.1 Å². The van der Waals surface area contributed by atoms with Crippen LogP contribution in [-0.2, 0) is 20.9 Å². The summed E-state index contributed by atoms with van der Waals surface area (Å²) in [6, 6.07) is 11.5. The number of rotatable bonds is 11. The molecule has 0 saturated heterocycles. The van der Waals surface area contributed by atoms with Crippen molar-refractivity contribution in [2.75, 3.05) is 18.5 Å². The lowest BCUT2D eigenvalue weighted by Crippen LogP contribution is -2.19. The Kier molecular flexibility index (Phi) is 9.77. The number of allylic oxidation sites excluding steroid dienone is 2. The van der Waals surface area contributed by atoms with Gasteiger partial charge in [0.25, 0.3) is 5.91 Å². The van der Waals surface area contributed by atoms with Gasteiger partial charge in [0.1, 0.15) is 11.6 Å². The van der Waals surface area contributed by atoms with Crippen LogP contribution in [0.1, 0.15) is 67.3 Å². The minimum absolute atomic E-state index is 0.0828. The van der Waals surface area contributed by atoms with Gasteiger partial charge < -0.3 is 14.8 Å². The molecule has 0 unspecified atom stereocenters. The maximum Gasteiger partial charge on any atom is 0.341 e. The molecule has 0 saturated carbocycles. The van der Waals surface area contributed by atoms with Gasteiger partial charge in [-0.3, -0.25) is 4.79 Å². The van der Waals surface area contributed by atoms with Gasteiger partial charge in [-0.1, -0.05) is 48.9 Å². The van der Waals surface area contributed by atoms with Crippen molar-refractivity contribution in [3.63, 3.8) is 0 Å². The van der Waals surface area contributed by atoms with Crippen LogP contribution in [0.5, 0.6) is 0 Å². The molecule has 2 rings (SSSR count). The van der Waals surface area contributed by atoms with Gasteiger partial charge in [0, 0.05) is 4.88 Å². The van der Waals surface area contributed by atoms with Crippen molar-refractivity contribution in [3.8, 4) is 0 Å². The third-order valence-electron chi connectivity index (χ3n) is 4.48. The maximum absolute atomic E-state index is 12.4. The van der Waals surface area contributed by atoms with Gasteiger partial charge in [0.15, 0.2) is 0 Å². The number of thiophene rings is 1. The Morgan fingerprint density at radius 1 is 1.20 bits per heavy atom. The summed E-state index contributed by atoms with van der Waals surface area (Å²) in [5.41, 5.74) is 2.70. The van der Waals surface area contributed by atoms with E-state index in [-0.39, 0.29) is 25.0 Å². The molecule has 0 radical (unpaired) electrons. The Labute approximate surface area is 183 Å². The fourth-order valence-corrected chi connectivity index (χ4v) is 4.02. The average molecular weight is 430 g/mol. The highest BCUT2D eigenvalue weighted by atomic mass is 32.1. The summed E-state index contributed by atoms with van der Waals surface area (Å²) in [5, 5.41) is 3.35. The minimum Gasteiger partial charge on any atom is -0.462 e. The van der Waals surface area contributed by atoms with Gasteiger partial charge in [0.2, 0.25) is 0 Å². The van der Waals surface area contributed by atoms with E-state index in [9.17, 15) is 9.59 Å². The van der Waals surface area contributed by atoms with Crippen LogP contribution < -0.4 is 5.32 Å². The van der Waals surface area contributed by atoms with Crippen molar-refractivity contribution in [2.45, 2.75) is 53.1 Å². The van der Waals surface area contributed by atoms with E-state index in [1.807, 2.05) is 36.4 Å². The number of hydrogen-bond donors (Lipinski definition) is 1. The second-order valence-corrected chi connectivity index (χ2v) is 8.48. The average Bonchev–Trinajstić information content (AvgIpc) is 3.12. The highest BCUT2D eigenvalue weighted by Crippen LogP contribution is 2.35. The van der Waals surface area contributed by atoms with Crippen molar-refractivity contribution in [2.24, 2.45) is 0 Å². The first kappa shape index (κ1) is 23.8. The first-order valence-electron chi connectivity index (χ1n) is 10.3. The Bertz CT molecular complexity index is 853. The third kappa shape index (κ3) is 7.76. The van der Waals surface area contributed by atoms with Crippen LogP contribution in [0, 0.1) is 0 Å². The number of carbonyl (C=O) groups excluding carboxylic acids is 2. The number of anilines is 1. The van der Waals surface area contributed by atoms with E-state index in [2.05, 4.69) is 32.2 Å². The third-order valence-corrected chi connectivity index (χ3v) is 5.76. The second-order valence-electron chi connectivity index (χ2n) is 7.40. The number of amides is 1. The highest BCUT2D eigenvalue weighted by Gasteiger charge is 2.21. The standard InChI is InChI=1S/C24H31NO4S/c1-5-29-24(27)20-14-21(18(4)11-9-10-17(2)3)30-23(20)25-22(26)16-28-15-19-12-7-6-8-13-19/h6-8,10,12-14,18H,5,9,11,15-16H2,1-4H3,(H,25,26)/t18-/m0/s1. The molecule has 0 bridgehead atoms. The molecule has 1 aromatic heterocycles. The molecule has 1 amide bonds. The molecule has 1 aromatic carbocycles. The number of hydrogen-bond acceptors (Lipinski definition) is 5. The molecule has 6 heteroatoms. The van der Waals surface area contributed by atoms with Crippen LogP contribution in [0.3, 0.4) is 0 Å². The van der Waals surface area contributed by atoms with Crippen LogP contribution in [0.4, 0.5) is 5.00 Å². The molecule has 1 N–H and O–H groups in total. The number of ether oxygens (including phenoxy) is 2. The molecule has 0 spiro atoms. The van der Waals surface area contributed by atoms with Gasteiger partial charge in [-0.25, -0.2) is 4.79 Å². The van der Waals surface area contributed by atoms with E-state index in [0.717, 1.165) is 23.3 Å². The second kappa shape index (κ2) is 12.3. The quantitative estimate of drug-likeness (QED) is 0.355. The molecule has 1 heterocycles. The summed E-state index contributed by atoms with van der Waals surface area (Å²) in [6.07, 6.45) is 4.16. The summed E-state index contributed by atoms with van der Waals surface area (Å²) < 4.78 is 10.7. The highest BCUT2D eigenvalue weighted by molar-refractivity contribution is 7.16. The zero-order valence-corrected chi connectivity index (χ0v) is 19.0. The fraction of sp³-hybridized carbons (Fsp3) is 0.417. The SMILES string of the molecule is CCOC(=O)c1cc([C@@H](C)CCC=C(C)C)sc1NC(=O)COCc1ccccc1. The predicted octanol–water partition coefficient (Wildman–Crippen LogP) is 5.93. The van der Waals surface area contributed by atoms with Crippen molar-refractivity contribution < 1.29 is 19.1 Å². The summed E-state index contributed by atoms with van der Waals surface area (Å²) in [6.45, 7) is 8.63. The Balaban J connectivity index is 2.02. The van der Waals surface area contributed by atoms with Crippen LogP contribution in [0.15, 0.2) is 48.0 Å². The molecule has 2 aromatic rings. The number of carbonyl (C=O) groups is 2. The van der Waals surface area contributed by atoms with Gasteiger partial charge in [-0.15, -0.1) is 11.3 Å². The van der Waals surface area contributed by atoms with Crippen molar-refractivity contribution in [1.29, 1.82) is 0 Å². The molecule has 1 atom stereocenters. The summed E-state index contributed by atoms with van der Waals surface area (Å²) >= 11 is 1.43. The largest absolute Gasteiger partial charge is 0.462 e. The molecule has 0 fully saturated rings. The van der Waals surface area contributed by atoms with Crippen LogP contribution >= 0.6 is 11.3 Å². The van der Waals surface area contributed by atoms with Crippen LogP contribution in [-0.4, -0.2) is 25.1 Å². The Morgan fingerprint density at radius 3 is 2.60 bits per heavy atom. The number of benzene rings is 1. The minimum atomic E-state index is -0.419. The molecule has 0 aliphatic rings. The first-order chi connectivity index (χ1) is 14.4. The van der Waals surface area contributed by atoms with E-state index >= 15 is 0 Å². The smallest absolute Gasteiger partial charge is 0.341 e. The fourth-order valence-electron chi connectivity index (χ4n) is 2.87. The molecule has 5 nitrogen and oxygen atoms in total. The summed E-state index contributed by atoms with van der Waals surface area (Å²) in [7, 11) is 0. The summed E-state index contributed by atoms with van der Waals surface area (Å²) in [4.78, 5) is 25.8. The topological polar surface area (TPSA) is 64.6 Å². The van der Waals surface area contributed by atoms with Crippen molar-refractivity contribution >= 4 is 28.2 Å². The first-order valence-corrected chi connectivity index (χ1v) is 11.1. The number of nitrogens with one attached hydrogen (secondary N) is 1. The van der Waals surface area contributed by atoms with E-state index in [1.165, 1.54) is 16.9 Å². The molecular formula is C24H31NO4S. The summed E-state index contributed by atoms with van der Waals surface area (Å²) in [5.74, 6) is -0.433. The zero-order chi connectivity index (χ0) is 21.9. The Morgan fingerprint density at radius 2 is 1.93 bits per heavy atom. The molecular weight excluding hydrogens is 398 g/mol. The lowest BCUT2D eigenvalue weighted by atomic mass is 10.0. The zero-order valence-electron chi connectivity index (χ0n) is 18.2. The van der Waals surface area contributed by atoms with Crippen molar-refractivity contribution in [1.82, 2.24) is 0 Å². The van der Waals surface area contributed by atoms with Crippen LogP contribution in [0.2, 0.25) is 0 Å². The molecule has 0 aliphatic heterocycles. The molecule has 30 heavy (non-hydrogen) atoms. The van der Waals surface area contributed by atoms with E-state index in [1.54, 1.807) is 6.92 Å². The van der Waals surface area contributed by atoms with E-state index < -0.39 is 5.97 Å². The number of esters is 1.